The van der Waals surface area contributed by atoms with Crippen molar-refractivity contribution in [2.75, 3.05) is 7.11 Å². The van der Waals surface area contributed by atoms with E-state index in [2.05, 4.69) is 12.2 Å². The summed E-state index contributed by atoms with van der Waals surface area (Å²) in [6.45, 7) is 2.26. The molecule has 1 N–H and O–H groups in total. The summed E-state index contributed by atoms with van der Waals surface area (Å²) in [6, 6.07) is 1.17. The lowest BCUT2D eigenvalue weighted by molar-refractivity contribution is -0.146. The quantitative estimate of drug-likeness (QED) is 0.740. The molecule has 2 aliphatic carbocycles. The number of ether oxygens (including phenoxy) is 1. The minimum absolute atomic E-state index is 0.0169. The summed E-state index contributed by atoms with van der Waals surface area (Å²) in [5.74, 6) is 1.08. The Morgan fingerprint density at radius 1 is 1.33 bits per heavy atom. The highest BCUT2D eigenvalue weighted by Crippen LogP contribution is 2.34. The van der Waals surface area contributed by atoms with Crippen LogP contribution in [0.2, 0.25) is 0 Å². The van der Waals surface area contributed by atoms with Crippen LogP contribution in [0.1, 0.15) is 58.3 Å². The molecule has 2 aliphatic rings. The van der Waals surface area contributed by atoms with E-state index in [-0.39, 0.29) is 11.9 Å². The second kappa shape index (κ2) is 6.55. The van der Waals surface area contributed by atoms with Crippen molar-refractivity contribution in [3.05, 3.63) is 0 Å². The van der Waals surface area contributed by atoms with Gasteiger partial charge in [0.2, 0.25) is 0 Å². The fraction of sp³-hybridized carbons (Fsp3) is 0.933. The van der Waals surface area contributed by atoms with Gasteiger partial charge in [-0.15, -0.1) is 0 Å². The Morgan fingerprint density at radius 3 is 2.72 bits per heavy atom. The van der Waals surface area contributed by atoms with Crippen molar-refractivity contribution in [2.45, 2.75) is 70.4 Å². The first-order valence-electron chi connectivity index (χ1n) is 7.56. The molecule has 0 aromatic rings. The average molecular weight is 253 g/mol. The van der Waals surface area contributed by atoms with Gasteiger partial charge in [0.15, 0.2) is 0 Å². The molecule has 2 rings (SSSR count). The van der Waals surface area contributed by atoms with Gasteiger partial charge >= 0.3 is 5.97 Å². The van der Waals surface area contributed by atoms with E-state index in [4.69, 9.17) is 4.74 Å². The monoisotopic (exact) mass is 253 g/mol. The summed E-state index contributed by atoms with van der Waals surface area (Å²) < 4.78 is 4.88. The second-order valence-electron chi connectivity index (χ2n) is 6.03. The van der Waals surface area contributed by atoms with Gasteiger partial charge in [-0.3, -0.25) is 4.79 Å². The lowest BCUT2D eigenvalue weighted by atomic mass is 9.85. The molecule has 0 aliphatic heterocycles. The van der Waals surface area contributed by atoms with Gasteiger partial charge in [0, 0.05) is 12.1 Å². The van der Waals surface area contributed by atoms with Crippen molar-refractivity contribution in [2.24, 2.45) is 11.8 Å². The van der Waals surface area contributed by atoms with Crippen molar-refractivity contribution in [3.63, 3.8) is 0 Å². The van der Waals surface area contributed by atoms with E-state index < -0.39 is 0 Å². The standard InChI is InChI=1S/C15H27NO2/c1-3-13(9-11-7-8-11)16-14-6-4-5-12(10-14)15(17)18-2/h11-14,16H,3-10H2,1-2H3. The molecular formula is C15H27NO2. The first-order chi connectivity index (χ1) is 8.72. The molecule has 0 bridgehead atoms. The smallest absolute Gasteiger partial charge is 0.308 e. The lowest BCUT2D eigenvalue weighted by Gasteiger charge is -2.31. The number of methoxy groups -OCH3 is 1. The fourth-order valence-corrected chi connectivity index (χ4v) is 3.16. The molecule has 3 heteroatoms. The Hall–Kier alpha value is -0.570. The van der Waals surface area contributed by atoms with Gasteiger partial charge in [0.25, 0.3) is 0 Å². The van der Waals surface area contributed by atoms with Gasteiger partial charge in [0.1, 0.15) is 0 Å². The summed E-state index contributed by atoms with van der Waals surface area (Å²) in [4.78, 5) is 11.6. The summed E-state index contributed by atoms with van der Waals surface area (Å²) in [7, 11) is 1.50. The minimum atomic E-state index is -0.0169. The van der Waals surface area contributed by atoms with Gasteiger partial charge < -0.3 is 10.1 Å². The summed E-state index contributed by atoms with van der Waals surface area (Å²) in [6.07, 6.45) is 9.72. The van der Waals surface area contributed by atoms with Gasteiger partial charge in [0.05, 0.1) is 13.0 Å². The number of nitrogens with one attached hydrogen (secondary N) is 1. The largest absolute Gasteiger partial charge is 0.469 e. The van der Waals surface area contributed by atoms with Crippen LogP contribution in [0, 0.1) is 11.8 Å². The van der Waals surface area contributed by atoms with E-state index in [9.17, 15) is 4.79 Å². The van der Waals surface area contributed by atoms with E-state index in [0.29, 0.717) is 12.1 Å². The molecule has 18 heavy (non-hydrogen) atoms. The van der Waals surface area contributed by atoms with Crippen LogP contribution in [0.3, 0.4) is 0 Å². The number of carbonyl (C=O) groups is 1. The lowest BCUT2D eigenvalue weighted by Crippen LogP contribution is -2.42. The summed E-state index contributed by atoms with van der Waals surface area (Å²) >= 11 is 0. The van der Waals surface area contributed by atoms with Gasteiger partial charge in [-0.25, -0.2) is 0 Å². The predicted octanol–water partition coefficient (Wildman–Crippen LogP) is 2.89. The summed E-state index contributed by atoms with van der Waals surface area (Å²) in [5, 5.41) is 3.78. The van der Waals surface area contributed by atoms with Gasteiger partial charge in [-0.2, -0.15) is 0 Å². The zero-order chi connectivity index (χ0) is 13.0. The molecule has 104 valence electrons. The SMILES string of the molecule is CCC(CC1CC1)NC1CCCC(C(=O)OC)C1. The predicted molar refractivity (Wildman–Crippen MR) is 72.3 cm³/mol. The topological polar surface area (TPSA) is 38.3 Å². The van der Waals surface area contributed by atoms with Crippen LogP contribution in [0.5, 0.6) is 0 Å². The Balaban J connectivity index is 1.78. The third-order valence-electron chi connectivity index (χ3n) is 4.49. The highest BCUT2D eigenvalue weighted by molar-refractivity contribution is 5.72. The minimum Gasteiger partial charge on any atom is -0.469 e. The van der Waals surface area contributed by atoms with Crippen molar-refractivity contribution in [1.82, 2.24) is 5.32 Å². The number of carbonyl (C=O) groups excluding carboxylic acids is 1. The number of hydrogen-bond donors (Lipinski definition) is 1. The van der Waals surface area contributed by atoms with Crippen LogP contribution in [0.4, 0.5) is 0 Å². The van der Waals surface area contributed by atoms with Crippen LogP contribution < -0.4 is 5.32 Å². The normalized spacial score (nSPS) is 29.9. The molecular weight excluding hydrogens is 226 g/mol. The molecule has 3 nitrogen and oxygen atoms in total. The van der Waals surface area contributed by atoms with Crippen LogP contribution in [-0.4, -0.2) is 25.2 Å². The molecule has 0 aromatic heterocycles. The number of esters is 1. The van der Waals surface area contributed by atoms with Crippen LogP contribution in [0.15, 0.2) is 0 Å². The average Bonchev–Trinajstić information content (AvgIpc) is 3.21. The maximum absolute atomic E-state index is 11.6. The van der Waals surface area contributed by atoms with E-state index >= 15 is 0 Å². The first kappa shape index (κ1) is 13.9. The Morgan fingerprint density at radius 2 is 2.11 bits per heavy atom. The molecule has 0 saturated heterocycles. The molecule has 0 radical (unpaired) electrons. The Labute approximate surface area is 111 Å². The van der Waals surface area contributed by atoms with E-state index in [1.807, 2.05) is 0 Å². The van der Waals surface area contributed by atoms with E-state index in [1.165, 1.54) is 39.2 Å². The molecule has 0 amide bonds. The summed E-state index contributed by atoms with van der Waals surface area (Å²) in [5.41, 5.74) is 0. The molecule has 0 heterocycles. The van der Waals surface area contributed by atoms with Crippen LogP contribution in [-0.2, 0) is 9.53 Å². The van der Waals surface area contributed by atoms with Crippen molar-refractivity contribution in [3.8, 4) is 0 Å². The Bertz CT molecular complexity index is 276. The van der Waals surface area contributed by atoms with Gasteiger partial charge in [-0.1, -0.05) is 26.2 Å². The zero-order valence-electron chi connectivity index (χ0n) is 11.8. The first-order valence-corrected chi connectivity index (χ1v) is 7.56. The highest BCUT2D eigenvalue weighted by atomic mass is 16.5. The van der Waals surface area contributed by atoms with Crippen LogP contribution >= 0.6 is 0 Å². The van der Waals surface area contributed by atoms with E-state index in [0.717, 1.165) is 25.2 Å². The Kier molecular flexibility index (Phi) is 5.04. The molecule has 3 atom stereocenters. The highest BCUT2D eigenvalue weighted by Gasteiger charge is 2.30. The molecule has 0 spiro atoms. The van der Waals surface area contributed by atoms with Gasteiger partial charge in [-0.05, 0) is 38.0 Å². The zero-order valence-corrected chi connectivity index (χ0v) is 11.8. The van der Waals surface area contributed by atoms with Crippen LogP contribution in [0.25, 0.3) is 0 Å². The van der Waals surface area contributed by atoms with E-state index in [1.54, 1.807) is 0 Å². The fourth-order valence-electron chi connectivity index (χ4n) is 3.16. The third kappa shape index (κ3) is 3.98. The molecule has 2 fully saturated rings. The van der Waals surface area contributed by atoms with Crippen molar-refractivity contribution < 1.29 is 9.53 Å². The molecule has 2 saturated carbocycles. The number of rotatable bonds is 6. The maximum atomic E-state index is 11.6. The third-order valence-corrected chi connectivity index (χ3v) is 4.49. The molecule has 0 aromatic carbocycles. The number of hydrogen-bond acceptors (Lipinski definition) is 3. The molecule has 3 unspecified atom stereocenters. The van der Waals surface area contributed by atoms with Crippen molar-refractivity contribution >= 4 is 5.97 Å². The second-order valence-corrected chi connectivity index (χ2v) is 6.03. The van der Waals surface area contributed by atoms with Crippen molar-refractivity contribution in [1.29, 1.82) is 0 Å². The maximum Gasteiger partial charge on any atom is 0.308 e.